The second-order valence-corrected chi connectivity index (χ2v) is 5.02. The fourth-order valence-electron chi connectivity index (χ4n) is 2.33. The average molecular weight is 289 g/mol. The lowest BCUT2D eigenvalue weighted by Gasteiger charge is -2.09. The van der Waals surface area contributed by atoms with Crippen molar-refractivity contribution < 1.29 is 18.3 Å². The number of hydrogen-bond donors (Lipinski definition) is 1. The maximum absolute atomic E-state index is 12.9. The zero-order valence-corrected chi connectivity index (χ0v) is 11.5. The topological polar surface area (TPSA) is 51.5 Å². The van der Waals surface area contributed by atoms with E-state index in [0.29, 0.717) is 12.3 Å². The smallest absolute Gasteiger partial charge is 0.287 e. The number of carbonyl (C=O) groups is 1. The average Bonchev–Trinajstić information content (AvgIpc) is 3.17. The van der Waals surface area contributed by atoms with Crippen LogP contribution in [0.1, 0.15) is 23.4 Å². The predicted molar refractivity (Wildman–Crippen MR) is 75.4 cm³/mol. The van der Waals surface area contributed by atoms with Crippen LogP contribution in [0.2, 0.25) is 0 Å². The molecule has 1 aromatic heterocycles. The summed E-state index contributed by atoms with van der Waals surface area (Å²) < 4.78 is 23.8. The molecule has 0 bridgehead atoms. The predicted octanol–water partition coefficient (Wildman–Crippen LogP) is 2.99. The number of amides is 1. The van der Waals surface area contributed by atoms with Crippen LogP contribution in [0.5, 0.6) is 0 Å². The van der Waals surface area contributed by atoms with E-state index in [-0.39, 0.29) is 23.6 Å². The summed E-state index contributed by atoms with van der Waals surface area (Å²) in [6.45, 7) is 1.25. The van der Waals surface area contributed by atoms with Crippen LogP contribution in [-0.4, -0.2) is 25.2 Å². The zero-order valence-electron chi connectivity index (χ0n) is 11.5. The first-order valence-electron chi connectivity index (χ1n) is 6.98. The Bertz CT molecular complexity index is 615. The Kier molecular flexibility index (Phi) is 4.01. The van der Waals surface area contributed by atoms with Gasteiger partial charge in [0.05, 0.1) is 6.10 Å². The molecule has 0 unspecified atom stereocenters. The van der Waals surface area contributed by atoms with Gasteiger partial charge in [-0.3, -0.25) is 4.79 Å². The van der Waals surface area contributed by atoms with E-state index in [4.69, 9.17) is 9.15 Å². The van der Waals surface area contributed by atoms with Crippen molar-refractivity contribution >= 4 is 5.91 Å². The number of nitrogens with one attached hydrogen (secondary N) is 1. The van der Waals surface area contributed by atoms with E-state index >= 15 is 0 Å². The molecule has 2 aromatic rings. The Morgan fingerprint density at radius 1 is 1.24 bits per heavy atom. The van der Waals surface area contributed by atoms with Gasteiger partial charge in [-0.1, -0.05) is 0 Å². The van der Waals surface area contributed by atoms with Crippen LogP contribution < -0.4 is 5.32 Å². The molecular formula is C16H16FNO3. The minimum atomic E-state index is -0.306. The molecule has 1 atom stereocenters. The van der Waals surface area contributed by atoms with Gasteiger partial charge < -0.3 is 14.5 Å². The maximum Gasteiger partial charge on any atom is 0.287 e. The van der Waals surface area contributed by atoms with Gasteiger partial charge in [-0.05, 0) is 49.2 Å². The number of benzene rings is 1. The minimum Gasteiger partial charge on any atom is -0.451 e. The molecule has 110 valence electrons. The first-order valence-corrected chi connectivity index (χ1v) is 6.98. The van der Waals surface area contributed by atoms with Crippen molar-refractivity contribution in [3.8, 4) is 11.3 Å². The number of ether oxygens (including phenoxy) is 1. The molecule has 1 aliphatic rings. The van der Waals surface area contributed by atoms with Gasteiger partial charge in [0.25, 0.3) is 5.91 Å². The summed E-state index contributed by atoms with van der Waals surface area (Å²) in [6, 6.07) is 9.26. The van der Waals surface area contributed by atoms with Gasteiger partial charge in [0.1, 0.15) is 11.6 Å². The summed E-state index contributed by atoms with van der Waals surface area (Å²) in [5, 5.41) is 2.80. The zero-order chi connectivity index (χ0) is 14.7. The fourth-order valence-corrected chi connectivity index (χ4v) is 2.33. The van der Waals surface area contributed by atoms with Gasteiger partial charge >= 0.3 is 0 Å². The summed E-state index contributed by atoms with van der Waals surface area (Å²) in [5.74, 6) is 0.211. The van der Waals surface area contributed by atoms with Crippen LogP contribution in [0, 0.1) is 5.82 Å². The third kappa shape index (κ3) is 3.31. The van der Waals surface area contributed by atoms with Crippen molar-refractivity contribution in [2.75, 3.05) is 13.2 Å². The van der Waals surface area contributed by atoms with Gasteiger partial charge in [-0.2, -0.15) is 0 Å². The number of carbonyl (C=O) groups excluding carboxylic acids is 1. The van der Waals surface area contributed by atoms with E-state index in [2.05, 4.69) is 5.32 Å². The number of rotatable bonds is 4. The van der Waals surface area contributed by atoms with Crippen molar-refractivity contribution in [2.45, 2.75) is 18.9 Å². The molecule has 3 rings (SSSR count). The van der Waals surface area contributed by atoms with Crippen LogP contribution in [-0.2, 0) is 4.74 Å². The van der Waals surface area contributed by atoms with Gasteiger partial charge in [0.2, 0.25) is 0 Å². The normalized spacial score (nSPS) is 17.9. The highest BCUT2D eigenvalue weighted by Gasteiger charge is 2.18. The SMILES string of the molecule is O=C(NC[C@H]1CCCO1)c1ccc(-c2ccc(F)cc2)o1. The molecule has 1 amide bonds. The second kappa shape index (κ2) is 6.10. The highest BCUT2D eigenvalue weighted by molar-refractivity contribution is 5.92. The largest absolute Gasteiger partial charge is 0.451 e. The van der Waals surface area contributed by atoms with E-state index in [9.17, 15) is 9.18 Å². The highest BCUT2D eigenvalue weighted by atomic mass is 19.1. The molecular weight excluding hydrogens is 273 g/mol. The van der Waals surface area contributed by atoms with E-state index in [1.54, 1.807) is 24.3 Å². The summed E-state index contributed by atoms with van der Waals surface area (Å²) in [6.07, 6.45) is 2.11. The van der Waals surface area contributed by atoms with Crippen molar-refractivity contribution in [1.29, 1.82) is 0 Å². The van der Waals surface area contributed by atoms with Crippen LogP contribution in [0.25, 0.3) is 11.3 Å². The summed E-state index contributed by atoms with van der Waals surface area (Å²) in [4.78, 5) is 12.0. The first kappa shape index (κ1) is 13.8. The summed E-state index contributed by atoms with van der Waals surface area (Å²) in [5.41, 5.74) is 0.731. The second-order valence-electron chi connectivity index (χ2n) is 5.02. The van der Waals surface area contributed by atoms with Crippen LogP contribution in [0.3, 0.4) is 0 Å². The van der Waals surface area contributed by atoms with Gasteiger partial charge in [-0.15, -0.1) is 0 Å². The molecule has 1 saturated heterocycles. The van der Waals surface area contributed by atoms with Crippen molar-refractivity contribution in [3.63, 3.8) is 0 Å². The lowest BCUT2D eigenvalue weighted by atomic mass is 10.2. The lowest BCUT2D eigenvalue weighted by molar-refractivity contribution is 0.0836. The van der Waals surface area contributed by atoms with E-state index in [0.717, 1.165) is 25.0 Å². The monoisotopic (exact) mass is 289 g/mol. The molecule has 4 nitrogen and oxygen atoms in total. The third-order valence-corrected chi connectivity index (χ3v) is 3.47. The van der Waals surface area contributed by atoms with E-state index in [1.807, 2.05) is 0 Å². The standard InChI is InChI=1S/C16H16FNO3/c17-12-5-3-11(4-6-12)14-7-8-15(21-14)16(19)18-10-13-2-1-9-20-13/h3-8,13H,1-2,9-10H2,(H,18,19)/t13-/m1/s1. The molecule has 0 saturated carbocycles. The lowest BCUT2D eigenvalue weighted by Crippen LogP contribution is -2.31. The third-order valence-electron chi connectivity index (χ3n) is 3.47. The molecule has 0 radical (unpaired) electrons. The molecule has 2 heterocycles. The maximum atomic E-state index is 12.9. The molecule has 1 aliphatic heterocycles. The van der Waals surface area contributed by atoms with Crippen molar-refractivity contribution in [3.05, 3.63) is 48.0 Å². The van der Waals surface area contributed by atoms with E-state index in [1.165, 1.54) is 12.1 Å². The molecule has 0 aliphatic carbocycles. The molecule has 1 N–H and O–H groups in total. The van der Waals surface area contributed by atoms with Gasteiger partial charge in [0.15, 0.2) is 5.76 Å². The van der Waals surface area contributed by atoms with Gasteiger partial charge in [0, 0.05) is 18.7 Å². The molecule has 5 heteroatoms. The Morgan fingerprint density at radius 2 is 2.05 bits per heavy atom. The first-order chi connectivity index (χ1) is 10.2. The van der Waals surface area contributed by atoms with Crippen molar-refractivity contribution in [2.24, 2.45) is 0 Å². The molecule has 1 aromatic carbocycles. The quantitative estimate of drug-likeness (QED) is 0.941. The van der Waals surface area contributed by atoms with Crippen LogP contribution >= 0.6 is 0 Å². The Balaban J connectivity index is 1.63. The molecule has 21 heavy (non-hydrogen) atoms. The fraction of sp³-hybridized carbons (Fsp3) is 0.312. The number of hydrogen-bond acceptors (Lipinski definition) is 3. The van der Waals surface area contributed by atoms with E-state index < -0.39 is 0 Å². The molecule has 0 spiro atoms. The summed E-state index contributed by atoms with van der Waals surface area (Å²) in [7, 11) is 0. The van der Waals surface area contributed by atoms with Gasteiger partial charge in [-0.25, -0.2) is 4.39 Å². The van der Waals surface area contributed by atoms with Crippen LogP contribution in [0.15, 0.2) is 40.8 Å². The Labute approximate surface area is 121 Å². The number of halogens is 1. The van der Waals surface area contributed by atoms with Crippen molar-refractivity contribution in [1.82, 2.24) is 5.32 Å². The summed E-state index contributed by atoms with van der Waals surface area (Å²) >= 11 is 0. The Morgan fingerprint density at radius 3 is 2.76 bits per heavy atom. The molecule has 1 fully saturated rings. The van der Waals surface area contributed by atoms with Crippen LogP contribution in [0.4, 0.5) is 4.39 Å². The Hall–Kier alpha value is -2.14. The number of furan rings is 1. The highest BCUT2D eigenvalue weighted by Crippen LogP contribution is 2.22. The minimum absolute atomic E-state index is 0.0977.